The maximum atomic E-state index is 14.4. The van der Waals surface area contributed by atoms with Gasteiger partial charge in [-0.1, -0.05) is 82.5 Å². The van der Waals surface area contributed by atoms with E-state index in [-0.39, 0.29) is 37.1 Å². The third kappa shape index (κ3) is 11.4. The van der Waals surface area contributed by atoms with E-state index in [1.54, 1.807) is 30.3 Å². The van der Waals surface area contributed by atoms with Crippen molar-refractivity contribution in [3.05, 3.63) is 61.2 Å². The minimum atomic E-state index is -1.15. The number of carbonyl (C=O) groups excluding carboxylic acids is 6. The summed E-state index contributed by atoms with van der Waals surface area (Å²) in [7, 11) is 0. The normalized spacial score (nSPS) is 19.4. The molecule has 11 heteroatoms. The zero-order valence-electron chi connectivity index (χ0n) is 30.4. The molecule has 1 aromatic rings. The molecule has 1 saturated carbocycles. The lowest BCUT2D eigenvalue weighted by Crippen LogP contribution is -2.62. The van der Waals surface area contributed by atoms with Crippen LogP contribution >= 0.6 is 0 Å². The van der Waals surface area contributed by atoms with E-state index >= 15 is 0 Å². The summed E-state index contributed by atoms with van der Waals surface area (Å²) < 4.78 is 0. The highest BCUT2D eigenvalue weighted by Crippen LogP contribution is 2.32. The first-order valence-corrected chi connectivity index (χ1v) is 18.1. The molecule has 1 heterocycles. The lowest BCUT2D eigenvalue weighted by Gasteiger charge is -2.37. The van der Waals surface area contributed by atoms with Crippen molar-refractivity contribution in [2.45, 2.75) is 109 Å². The highest BCUT2D eigenvalue weighted by molar-refractivity contribution is 6.38. The summed E-state index contributed by atoms with van der Waals surface area (Å²) in [4.78, 5) is 83.1. The van der Waals surface area contributed by atoms with Gasteiger partial charge in [-0.15, -0.1) is 25.5 Å². The van der Waals surface area contributed by atoms with Crippen molar-refractivity contribution in [3.63, 3.8) is 0 Å². The molecular weight excluding hydrogens is 646 g/mol. The Hall–Kier alpha value is -4.72. The summed E-state index contributed by atoms with van der Waals surface area (Å²) in [5.74, 6) is -0.738. The molecule has 2 fully saturated rings. The quantitative estimate of drug-likeness (QED) is 0.0618. The molecule has 11 nitrogen and oxygen atoms in total. The maximum absolute atomic E-state index is 14.4. The van der Waals surface area contributed by atoms with Crippen LogP contribution in [0, 0.1) is 29.6 Å². The van der Waals surface area contributed by atoms with Gasteiger partial charge in [0.1, 0.15) is 12.1 Å². The smallest absolute Gasteiger partial charge is 0.316 e. The number of terminal acetylenes is 1. The lowest BCUT2D eigenvalue weighted by atomic mass is 9.81. The molecule has 0 radical (unpaired) electrons. The average Bonchev–Trinajstić information content (AvgIpc) is 3.54. The molecule has 0 bridgehead atoms. The Bertz CT molecular complexity index is 1460. The van der Waals surface area contributed by atoms with Gasteiger partial charge in [0.05, 0.1) is 12.1 Å². The van der Waals surface area contributed by atoms with Crippen molar-refractivity contribution in [2.75, 3.05) is 13.1 Å². The minimum Gasteiger partial charge on any atom is -0.346 e. The van der Waals surface area contributed by atoms with Gasteiger partial charge in [0, 0.05) is 25.1 Å². The third-order valence-corrected chi connectivity index (χ3v) is 9.76. The van der Waals surface area contributed by atoms with E-state index in [0.717, 1.165) is 32.1 Å². The Morgan fingerprint density at radius 3 is 2.25 bits per heavy atom. The first-order chi connectivity index (χ1) is 24.3. The molecule has 2 aliphatic rings. The summed E-state index contributed by atoms with van der Waals surface area (Å²) in [6, 6.07) is 4.26. The number of amides is 5. The van der Waals surface area contributed by atoms with Gasteiger partial charge in [0.15, 0.2) is 5.78 Å². The second kappa shape index (κ2) is 19.6. The number of hydrogen-bond acceptors (Lipinski definition) is 6. The molecule has 1 aliphatic carbocycles. The van der Waals surface area contributed by atoms with Crippen molar-refractivity contribution in [2.24, 2.45) is 17.3 Å². The van der Waals surface area contributed by atoms with Gasteiger partial charge in [-0.05, 0) is 55.8 Å². The Morgan fingerprint density at radius 2 is 1.65 bits per heavy atom. The van der Waals surface area contributed by atoms with Crippen LogP contribution in [0.2, 0.25) is 0 Å². The number of nitrogens with zero attached hydrogens (tertiary/aromatic N) is 1. The van der Waals surface area contributed by atoms with E-state index in [1.807, 2.05) is 26.8 Å². The summed E-state index contributed by atoms with van der Waals surface area (Å²) in [6.07, 6.45) is 15.0. The van der Waals surface area contributed by atoms with Crippen LogP contribution in [0.15, 0.2) is 55.6 Å². The predicted octanol–water partition coefficient (Wildman–Crippen LogP) is 4.48. The van der Waals surface area contributed by atoms with Gasteiger partial charge in [0.25, 0.3) is 5.91 Å². The topological polar surface area (TPSA) is 154 Å². The number of allylic oxidation sites excluding steroid dienone is 1. The number of likely N-dealkylation sites (tertiary alicyclic amines) is 1. The van der Waals surface area contributed by atoms with Gasteiger partial charge in [0.2, 0.25) is 17.6 Å². The fourth-order valence-electron chi connectivity index (χ4n) is 7.04. The van der Waals surface area contributed by atoms with Gasteiger partial charge >= 0.3 is 6.03 Å². The van der Waals surface area contributed by atoms with Gasteiger partial charge < -0.3 is 26.2 Å². The Morgan fingerprint density at radius 1 is 0.961 bits per heavy atom. The van der Waals surface area contributed by atoms with Crippen LogP contribution in [-0.2, 0) is 19.2 Å². The monoisotopic (exact) mass is 701 g/mol. The first-order valence-electron chi connectivity index (χ1n) is 18.1. The van der Waals surface area contributed by atoms with Crippen molar-refractivity contribution < 1.29 is 28.8 Å². The average molecular weight is 702 g/mol. The van der Waals surface area contributed by atoms with E-state index in [4.69, 9.17) is 6.42 Å². The second-order valence-electron chi connectivity index (χ2n) is 14.6. The number of ketones is 2. The van der Waals surface area contributed by atoms with Crippen molar-refractivity contribution in [1.29, 1.82) is 0 Å². The molecule has 1 aromatic carbocycles. The number of unbranched alkanes of at least 4 members (excludes halogenated alkanes) is 1. The molecule has 276 valence electrons. The van der Waals surface area contributed by atoms with Crippen LogP contribution in [0.5, 0.6) is 0 Å². The number of Topliss-reactive ketones (excluding diaryl/α,β-unsaturated/α-hetero) is 2. The van der Waals surface area contributed by atoms with Crippen LogP contribution in [0.1, 0.15) is 95.3 Å². The SMILES string of the molecule is C#CCCCC(NC(=O)[C@@H]1[C@@H](CC=C)CCN1C(=O)[C@@H](NC(=O)N[C@H](C(=O)c1ccccc1)C1CCCCC1)C(C)(C)C)C(=O)C(=O)NCC=C. The van der Waals surface area contributed by atoms with Gasteiger partial charge in [-0.3, -0.25) is 24.0 Å². The highest BCUT2D eigenvalue weighted by Gasteiger charge is 2.47. The number of benzene rings is 1. The number of hydrogen-bond donors (Lipinski definition) is 4. The van der Waals surface area contributed by atoms with Crippen molar-refractivity contribution in [1.82, 2.24) is 26.2 Å². The summed E-state index contributed by atoms with van der Waals surface area (Å²) in [5.41, 5.74) is -0.280. The Balaban J connectivity index is 1.86. The number of nitrogens with one attached hydrogen (secondary N) is 4. The minimum absolute atomic E-state index is 0.0394. The Labute approximate surface area is 302 Å². The summed E-state index contributed by atoms with van der Waals surface area (Å²) in [5, 5.41) is 11.0. The van der Waals surface area contributed by atoms with E-state index in [2.05, 4.69) is 40.3 Å². The molecule has 0 aromatic heterocycles. The third-order valence-electron chi connectivity index (χ3n) is 9.76. The molecule has 5 amide bonds. The molecule has 3 rings (SSSR count). The fraction of sp³-hybridized carbons (Fsp3) is 0.550. The maximum Gasteiger partial charge on any atom is 0.316 e. The molecule has 1 unspecified atom stereocenters. The molecule has 5 atom stereocenters. The highest BCUT2D eigenvalue weighted by atomic mass is 16.2. The zero-order chi connectivity index (χ0) is 37.6. The fourth-order valence-corrected chi connectivity index (χ4v) is 7.04. The summed E-state index contributed by atoms with van der Waals surface area (Å²) >= 11 is 0. The van der Waals surface area contributed by atoms with E-state index < -0.39 is 59.1 Å². The van der Waals surface area contributed by atoms with E-state index in [9.17, 15) is 28.8 Å². The first kappa shape index (κ1) is 40.7. The van der Waals surface area contributed by atoms with Crippen LogP contribution in [-0.4, -0.2) is 77.5 Å². The second-order valence-corrected chi connectivity index (χ2v) is 14.6. The van der Waals surface area contributed by atoms with Crippen LogP contribution in [0.4, 0.5) is 4.79 Å². The van der Waals surface area contributed by atoms with E-state index in [1.165, 1.54) is 11.0 Å². The molecule has 1 saturated heterocycles. The summed E-state index contributed by atoms with van der Waals surface area (Å²) in [6.45, 7) is 13.1. The van der Waals surface area contributed by atoms with Crippen LogP contribution in [0.3, 0.4) is 0 Å². The largest absolute Gasteiger partial charge is 0.346 e. The van der Waals surface area contributed by atoms with Crippen molar-refractivity contribution in [3.8, 4) is 12.3 Å². The molecule has 0 spiro atoms. The number of rotatable bonds is 17. The van der Waals surface area contributed by atoms with Gasteiger partial charge in [-0.2, -0.15) is 0 Å². The lowest BCUT2D eigenvalue weighted by molar-refractivity contribution is -0.144. The molecule has 4 N–H and O–H groups in total. The predicted molar refractivity (Wildman–Crippen MR) is 197 cm³/mol. The standard InChI is InChI=1S/C40H55N5O6/c1-7-10-13-23-30(34(47)37(49)41-25-9-3)42-36(48)32-28(18-8-2)24-26-45(32)38(50)35(40(4,5)6)44-39(51)43-31(27-19-14-11-15-20-27)33(46)29-21-16-12-17-22-29/h1,8-9,12,16-17,21-22,27-28,30-32,35H,2-3,10-11,13-15,18-20,23-26H2,4-6H3,(H,41,49)(H,42,48)(H2,43,44,51)/t28-,30?,31-,32-,35+/m0/s1. The molecule has 51 heavy (non-hydrogen) atoms. The number of carbonyl (C=O) groups is 6. The Kier molecular flexibility index (Phi) is 15.7. The van der Waals surface area contributed by atoms with Crippen molar-refractivity contribution >= 4 is 35.3 Å². The molecular formula is C40H55N5O6. The zero-order valence-corrected chi connectivity index (χ0v) is 30.4. The van der Waals surface area contributed by atoms with Gasteiger partial charge in [-0.25, -0.2) is 4.79 Å². The number of urea groups is 1. The molecule has 1 aliphatic heterocycles. The van der Waals surface area contributed by atoms with Crippen LogP contribution < -0.4 is 21.3 Å². The van der Waals surface area contributed by atoms with Crippen LogP contribution in [0.25, 0.3) is 0 Å². The van der Waals surface area contributed by atoms with E-state index in [0.29, 0.717) is 31.2 Å².